The van der Waals surface area contributed by atoms with Crippen molar-refractivity contribution in [2.75, 3.05) is 14.2 Å². The van der Waals surface area contributed by atoms with Crippen LogP contribution in [0.3, 0.4) is 0 Å². The van der Waals surface area contributed by atoms with Gasteiger partial charge in [-0.2, -0.15) is 14.9 Å². The van der Waals surface area contributed by atoms with Gasteiger partial charge in [0.2, 0.25) is 4.77 Å². The van der Waals surface area contributed by atoms with E-state index in [0.29, 0.717) is 26.0 Å². The van der Waals surface area contributed by atoms with E-state index in [9.17, 15) is 4.79 Å². The number of rotatable bonds is 4. The average molecular weight is 450 g/mol. The predicted molar refractivity (Wildman–Crippen MR) is 91.6 cm³/mol. The van der Waals surface area contributed by atoms with E-state index in [1.807, 2.05) is 0 Å². The molecule has 0 unspecified atom stereocenters. The number of halogens is 2. The highest BCUT2D eigenvalue weighted by Crippen LogP contribution is 2.42. The minimum absolute atomic E-state index is 0.0920. The topological polar surface area (TPSA) is 81.5 Å². The summed E-state index contributed by atoms with van der Waals surface area (Å²) in [5, 5.41) is 10.1. The third-order valence-corrected chi connectivity index (χ3v) is 4.19. The standard InChI is InChI=1S/C12H10Br2N4O3S/c1-20-10-6(3-7(13)11(21-2)9(10)14)4-16-18-8(19)5-15-17-12(18)22/h3-5H,1-2H3,(H,17,22)/b16-4-. The summed E-state index contributed by atoms with van der Waals surface area (Å²) in [4.78, 5) is 11.7. The first-order chi connectivity index (χ1) is 10.5. The van der Waals surface area contributed by atoms with Gasteiger partial charge in [-0.25, -0.2) is 0 Å². The Morgan fingerprint density at radius 3 is 2.64 bits per heavy atom. The highest BCUT2D eigenvalue weighted by atomic mass is 79.9. The maximum Gasteiger partial charge on any atom is 0.293 e. The fourth-order valence-corrected chi connectivity index (χ4v) is 3.50. The summed E-state index contributed by atoms with van der Waals surface area (Å²) in [6.07, 6.45) is 2.54. The normalized spacial score (nSPS) is 10.9. The van der Waals surface area contributed by atoms with Gasteiger partial charge in [-0.3, -0.25) is 9.89 Å². The van der Waals surface area contributed by atoms with E-state index in [0.717, 1.165) is 10.9 Å². The molecular formula is C12H10Br2N4O3S. The van der Waals surface area contributed by atoms with Crippen molar-refractivity contribution in [3.63, 3.8) is 0 Å². The molecule has 116 valence electrons. The van der Waals surface area contributed by atoms with E-state index in [2.05, 4.69) is 47.2 Å². The zero-order valence-corrected chi connectivity index (χ0v) is 15.5. The monoisotopic (exact) mass is 448 g/mol. The second-order valence-electron chi connectivity index (χ2n) is 3.90. The summed E-state index contributed by atoms with van der Waals surface area (Å²) in [6, 6.07) is 1.75. The Kier molecular flexibility index (Phi) is 5.48. The molecule has 0 atom stereocenters. The molecule has 1 aromatic carbocycles. The summed E-state index contributed by atoms with van der Waals surface area (Å²) < 4.78 is 13.1. The third-order valence-electron chi connectivity index (χ3n) is 2.62. The van der Waals surface area contributed by atoms with Crippen LogP contribution in [0.4, 0.5) is 0 Å². The first-order valence-electron chi connectivity index (χ1n) is 5.80. The van der Waals surface area contributed by atoms with Crippen LogP contribution in [-0.4, -0.2) is 35.3 Å². The van der Waals surface area contributed by atoms with Crippen molar-refractivity contribution >= 4 is 50.3 Å². The lowest BCUT2D eigenvalue weighted by Gasteiger charge is -2.12. The largest absolute Gasteiger partial charge is 0.495 e. The summed E-state index contributed by atoms with van der Waals surface area (Å²) in [5.41, 5.74) is 0.186. The van der Waals surface area contributed by atoms with Crippen LogP contribution < -0.4 is 15.0 Å². The van der Waals surface area contributed by atoms with E-state index < -0.39 is 5.56 Å². The Morgan fingerprint density at radius 1 is 1.36 bits per heavy atom. The van der Waals surface area contributed by atoms with Crippen molar-refractivity contribution in [2.24, 2.45) is 5.10 Å². The molecule has 10 heteroatoms. The molecule has 0 aliphatic heterocycles. The lowest BCUT2D eigenvalue weighted by molar-refractivity contribution is 0.387. The fraction of sp³-hybridized carbons (Fsp3) is 0.167. The summed E-state index contributed by atoms with van der Waals surface area (Å²) in [7, 11) is 3.07. The summed E-state index contributed by atoms with van der Waals surface area (Å²) >= 11 is 11.8. The minimum Gasteiger partial charge on any atom is -0.495 e. The lowest BCUT2D eigenvalue weighted by Crippen LogP contribution is -2.18. The lowest BCUT2D eigenvalue weighted by atomic mass is 10.2. The fourth-order valence-electron chi connectivity index (χ4n) is 1.67. The second-order valence-corrected chi connectivity index (χ2v) is 5.93. The van der Waals surface area contributed by atoms with Gasteiger partial charge in [0.15, 0.2) is 5.75 Å². The zero-order valence-electron chi connectivity index (χ0n) is 11.5. The molecular weight excluding hydrogens is 440 g/mol. The summed E-state index contributed by atoms with van der Waals surface area (Å²) in [5.74, 6) is 1.10. The number of ether oxygens (including phenoxy) is 2. The maximum atomic E-state index is 11.7. The Bertz CT molecular complexity index is 819. The first-order valence-corrected chi connectivity index (χ1v) is 7.80. The van der Waals surface area contributed by atoms with Crippen molar-refractivity contribution in [3.8, 4) is 11.5 Å². The highest BCUT2D eigenvalue weighted by molar-refractivity contribution is 9.11. The van der Waals surface area contributed by atoms with Gasteiger partial charge in [-0.15, -0.1) is 0 Å². The number of aromatic nitrogens is 3. The van der Waals surface area contributed by atoms with Gasteiger partial charge in [0, 0.05) is 5.56 Å². The molecule has 22 heavy (non-hydrogen) atoms. The van der Waals surface area contributed by atoms with Crippen molar-refractivity contribution in [2.45, 2.75) is 0 Å². The molecule has 0 spiro atoms. The maximum absolute atomic E-state index is 11.7. The Morgan fingerprint density at radius 2 is 2.05 bits per heavy atom. The SMILES string of the molecule is COc1c(Br)cc(/C=N\n2c(=O)cn[nH]c2=S)c(OC)c1Br. The molecule has 0 saturated heterocycles. The predicted octanol–water partition coefficient (Wildman–Crippen LogP) is 2.73. The van der Waals surface area contributed by atoms with E-state index in [4.69, 9.17) is 21.7 Å². The Balaban J connectivity index is 2.57. The molecule has 1 aromatic heterocycles. The van der Waals surface area contributed by atoms with Crippen LogP contribution in [0, 0.1) is 4.77 Å². The third kappa shape index (κ3) is 3.28. The molecule has 1 N–H and O–H groups in total. The van der Waals surface area contributed by atoms with E-state index >= 15 is 0 Å². The number of nitrogens with zero attached hydrogens (tertiary/aromatic N) is 3. The molecule has 2 rings (SSSR count). The van der Waals surface area contributed by atoms with Crippen molar-refractivity contribution in [3.05, 3.63) is 41.9 Å². The number of nitrogens with one attached hydrogen (secondary N) is 1. The van der Waals surface area contributed by atoms with Crippen LogP contribution in [-0.2, 0) is 0 Å². The van der Waals surface area contributed by atoms with Crippen LogP contribution in [0.5, 0.6) is 11.5 Å². The Labute approximate surface area is 147 Å². The molecule has 0 aliphatic rings. The van der Waals surface area contributed by atoms with E-state index in [1.54, 1.807) is 13.2 Å². The van der Waals surface area contributed by atoms with Gasteiger partial charge in [-0.05, 0) is 50.1 Å². The quantitative estimate of drug-likeness (QED) is 0.573. The van der Waals surface area contributed by atoms with Crippen LogP contribution >= 0.6 is 44.1 Å². The average Bonchev–Trinajstić information content (AvgIpc) is 2.47. The molecule has 0 amide bonds. The second kappa shape index (κ2) is 7.16. The molecule has 0 bridgehead atoms. The van der Waals surface area contributed by atoms with Crippen molar-refractivity contribution in [1.82, 2.24) is 14.9 Å². The number of hydrogen-bond donors (Lipinski definition) is 1. The van der Waals surface area contributed by atoms with Gasteiger partial charge in [0.05, 0.1) is 24.9 Å². The number of H-pyrrole nitrogens is 1. The molecule has 0 fully saturated rings. The molecule has 0 saturated carbocycles. The van der Waals surface area contributed by atoms with Crippen LogP contribution in [0.25, 0.3) is 0 Å². The van der Waals surface area contributed by atoms with E-state index in [-0.39, 0.29) is 4.77 Å². The van der Waals surface area contributed by atoms with Gasteiger partial charge < -0.3 is 9.47 Å². The van der Waals surface area contributed by atoms with Gasteiger partial charge in [0.1, 0.15) is 16.4 Å². The number of hydrogen-bond acceptors (Lipinski definition) is 6. The van der Waals surface area contributed by atoms with Gasteiger partial charge in [-0.1, -0.05) is 0 Å². The van der Waals surface area contributed by atoms with Crippen LogP contribution in [0.1, 0.15) is 5.56 Å². The smallest absolute Gasteiger partial charge is 0.293 e. The zero-order chi connectivity index (χ0) is 16.3. The highest BCUT2D eigenvalue weighted by Gasteiger charge is 2.15. The first kappa shape index (κ1) is 16.8. The molecule has 2 aromatic rings. The summed E-state index contributed by atoms with van der Waals surface area (Å²) in [6.45, 7) is 0. The van der Waals surface area contributed by atoms with Crippen LogP contribution in [0.15, 0.2) is 31.1 Å². The minimum atomic E-state index is -0.439. The number of methoxy groups -OCH3 is 2. The Hall–Kier alpha value is -1.52. The van der Waals surface area contributed by atoms with Crippen molar-refractivity contribution in [1.29, 1.82) is 0 Å². The number of benzene rings is 1. The molecule has 0 aliphatic carbocycles. The molecule has 0 radical (unpaired) electrons. The van der Waals surface area contributed by atoms with Crippen molar-refractivity contribution < 1.29 is 9.47 Å². The number of aromatic amines is 1. The van der Waals surface area contributed by atoms with Crippen LogP contribution in [0.2, 0.25) is 0 Å². The molecule has 7 nitrogen and oxygen atoms in total. The van der Waals surface area contributed by atoms with Gasteiger partial charge >= 0.3 is 0 Å². The van der Waals surface area contributed by atoms with Gasteiger partial charge in [0.25, 0.3) is 5.56 Å². The molecule has 1 heterocycles. The van der Waals surface area contributed by atoms with E-state index in [1.165, 1.54) is 13.3 Å².